The first-order valence-corrected chi connectivity index (χ1v) is 6.37. The standard InChI is InChI=1S/C12H13ClFN3O4/c13-2-1-6-4-17(12(20)16-10(6)15)11-7(3-14)9(19)8(5-18)21-11/h1-4,8-9,11,18-19H,5H2,(H2,15,16,20)/b2-1+,7-3+. The van der Waals surface area contributed by atoms with Gasteiger partial charge in [0.15, 0.2) is 6.23 Å². The molecule has 0 radical (unpaired) electrons. The van der Waals surface area contributed by atoms with Crippen LogP contribution < -0.4 is 11.4 Å². The number of halogens is 2. The predicted molar refractivity (Wildman–Crippen MR) is 74.0 cm³/mol. The van der Waals surface area contributed by atoms with Gasteiger partial charge in [0.25, 0.3) is 0 Å². The zero-order valence-electron chi connectivity index (χ0n) is 10.7. The van der Waals surface area contributed by atoms with Crippen LogP contribution in [0.15, 0.2) is 28.4 Å². The third-order valence-corrected chi connectivity index (χ3v) is 3.22. The van der Waals surface area contributed by atoms with Crippen molar-refractivity contribution in [3.05, 3.63) is 39.7 Å². The lowest BCUT2D eigenvalue weighted by molar-refractivity contribution is -0.0447. The van der Waals surface area contributed by atoms with Gasteiger partial charge in [0.2, 0.25) is 0 Å². The number of rotatable bonds is 3. The molecule has 3 atom stereocenters. The predicted octanol–water partition coefficient (Wildman–Crippen LogP) is 0.139. The molecule has 4 N–H and O–H groups in total. The SMILES string of the molecule is Nc1nc(=O)n(C2OC(CO)C(O)/C2=C\F)cc1/C=C/Cl. The van der Waals surface area contributed by atoms with Gasteiger partial charge in [-0.1, -0.05) is 11.6 Å². The van der Waals surface area contributed by atoms with Gasteiger partial charge in [-0.25, -0.2) is 9.18 Å². The molecule has 3 unspecified atom stereocenters. The molecule has 1 fully saturated rings. The Labute approximate surface area is 123 Å². The molecule has 1 aliphatic heterocycles. The van der Waals surface area contributed by atoms with Gasteiger partial charge in [0.1, 0.15) is 18.0 Å². The number of ether oxygens (including phenoxy) is 1. The van der Waals surface area contributed by atoms with Crippen molar-refractivity contribution < 1.29 is 19.3 Å². The third-order valence-electron chi connectivity index (χ3n) is 3.09. The van der Waals surface area contributed by atoms with Crippen LogP contribution in [0.4, 0.5) is 10.2 Å². The van der Waals surface area contributed by atoms with Crippen LogP contribution in [0.25, 0.3) is 6.08 Å². The van der Waals surface area contributed by atoms with E-state index >= 15 is 0 Å². The number of aliphatic hydroxyl groups excluding tert-OH is 2. The highest BCUT2D eigenvalue weighted by Gasteiger charge is 2.40. The maximum Gasteiger partial charge on any atom is 0.351 e. The summed E-state index contributed by atoms with van der Waals surface area (Å²) in [5.74, 6) is -0.0452. The number of hydrogen-bond donors (Lipinski definition) is 3. The minimum Gasteiger partial charge on any atom is -0.394 e. The molecule has 1 aromatic heterocycles. The van der Waals surface area contributed by atoms with Crippen molar-refractivity contribution >= 4 is 23.5 Å². The fourth-order valence-electron chi connectivity index (χ4n) is 2.03. The molecule has 0 saturated carbocycles. The highest BCUT2D eigenvalue weighted by atomic mass is 35.5. The Bertz CT molecular complexity index is 646. The topological polar surface area (TPSA) is 111 Å². The zero-order valence-corrected chi connectivity index (χ0v) is 11.4. The van der Waals surface area contributed by atoms with E-state index in [4.69, 9.17) is 27.2 Å². The van der Waals surface area contributed by atoms with E-state index in [1.165, 1.54) is 17.8 Å². The molecule has 0 amide bonds. The van der Waals surface area contributed by atoms with Gasteiger partial charge in [-0.3, -0.25) is 4.57 Å². The van der Waals surface area contributed by atoms with Crippen LogP contribution in [0.3, 0.4) is 0 Å². The summed E-state index contributed by atoms with van der Waals surface area (Å²) in [5.41, 5.74) is 6.10. The zero-order chi connectivity index (χ0) is 15.6. The van der Waals surface area contributed by atoms with Crippen molar-refractivity contribution in [3.8, 4) is 0 Å². The maximum absolute atomic E-state index is 13.0. The number of anilines is 1. The molecular formula is C12H13ClFN3O4. The summed E-state index contributed by atoms with van der Waals surface area (Å²) in [6.45, 7) is -0.527. The van der Waals surface area contributed by atoms with Gasteiger partial charge in [0.05, 0.1) is 12.9 Å². The van der Waals surface area contributed by atoms with Crippen LogP contribution in [0, 0.1) is 0 Å². The molecule has 7 nitrogen and oxygen atoms in total. The van der Waals surface area contributed by atoms with Crippen molar-refractivity contribution in [1.82, 2.24) is 9.55 Å². The van der Waals surface area contributed by atoms with Gasteiger partial charge in [-0.2, -0.15) is 4.98 Å². The highest BCUT2D eigenvalue weighted by molar-refractivity contribution is 6.27. The molecular weight excluding hydrogens is 305 g/mol. The van der Waals surface area contributed by atoms with Crippen LogP contribution in [0.1, 0.15) is 11.8 Å². The minimum atomic E-state index is -1.36. The van der Waals surface area contributed by atoms with E-state index in [1.54, 1.807) is 0 Å². The second-order valence-corrected chi connectivity index (χ2v) is 4.58. The van der Waals surface area contributed by atoms with Crippen LogP contribution in [-0.4, -0.2) is 38.6 Å². The Kier molecular flexibility index (Phi) is 4.73. The summed E-state index contributed by atoms with van der Waals surface area (Å²) in [6.07, 6.45) is -0.789. The molecule has 1 saturated heterocycles. The van der Waals surface area contributed by atoms with Crippen LogP contribution in [-0.2, 0) is 4.74 Å². The van der Waals surface area contributed by atoms with E-state index in [0.29, 0.717) is 5.56 Å². The lowest BCUT2D eigenvalue weighted by Crippen LogP contribution is -2.29. The number of hydrogen-bond acceptors (Lipinski definition) is 6. The summed E-state index contributed by atoms with van der Waals surface area (Å²) >= 11 is 5.46. The molecule has 114 valence electrons. The molecule has 1 aliphatic rings. The van der Waals surface area contributed by atoms with Crippen LogP contribution in [0.2, 0.25) is 0 Å². The lowest BCUT2D eigenvalue weighted by atomic mass is 10.1. The minimum absolute atomic E-state index is 0.0452. The van der Waals surface area contributed by atoms with Gasteiger partial charge >= 0.3 is 5.69 Å². The van der Waals surface area contributed by atoms with Crippen LogP contribution >= 0.6 is 11.6 Å². The van der Waals surface area contributed by atoms with E-state index < -0.39 is 30.7 Å². The Morgan fingerprint density at radius 1 is 1.62 bits per heavy atom. The number of aromatic nitrogens is 2. The van der Waals surface area contributed by atoms with Gasteiger partial charge in [-0.15, -0.1) is 0 Å². The first-order chi connectivity index (χ1) is 10.0. The monoisotopic (exact) mass is 317 g/mol. The lowest BCUT2D eigenvalue weighted by Gasteiger charge is -2.15. The van der Waals surface area contributed by atoms with E-state index in [0.717, 1.165) is 4.57 Å². The second-order valence-electron chi connectivity index (χ2n) is 4.33. The summed E-state index contributed by atoms with van der Waals surface area (Å²) in [7, 11) is 0. The normalized spacial score (nSPS) is 27.8. The Morgan fingerprint density at radius 2 is 2.33 bits per heavy atom. The van der Waals surface area contributed by atoms with E-state index in [2.05, 4.69) is 4.98 Å². The summed E-state index contributed by atoms with van der Waals surface area (Å²) in [6, 6.07) is 0. The Hall–Kier alpha value is -1.74. The van der Waals surface area contributed by atoms with E-state index in [1.807, 2.05) is 0 Å². The van der Waals surface area contributed by atoms with Gasteiger partial charge in [0, 0.05) is 22.9 Å². The largest absolute Gasteiger partial charge is 0.394 e. The average Bonchev–Trinajstić information content (AvgIpc) is 2.78. The first kappa shape index (κ1) is 15.6. The van der Waals surface area contributed by atoms with E-state index in [-0.39, 0.29) is 17.7 Å². The van der Waals surface area contributed by atoms with Crippen LogP contribution in [0.5, 0.6) is 0 Å². The second kappa shape index (κ2) is 6.35. The van der Waals surface area contributed by atoms with Crippen molar-refractivity contribution in [3.63, 3.8) is 0 Å². The fraction of sp³-hybridized carbons (Fsp3) is 0.333. The number of aliphatic hydroxyl groups is 2. The van der Waals surface area contributed by atoms with Gasteiger partial charge < -0.3 is 20.7 Å². The molecule has 21 heavy (non-hydrogen) atoms. The van der Waals surface area contributed by atoms with Crippen molar-refractivity contribution in [1.29, 1.82) is 0 Å². The molecule has 0 aliphatic carbocycles. The van der Waals surface area contributed by atoms with E-state index in [9.17, 15) is 14.3 Å². The van der Waals surface area contributed by atoms with Crippen molar-refractivity contribution in [2.75, 3.05) is 12.3 Å². The first-order valence-electron chi connectivity index (χ1n) is 5.93. The maximum atomic E-state index is 13.0. The molecule has 2 heterocycles. The third kappa shape index (κ3) is 2.84. The summed E-state index contributed by atoms with van der Waals surface area (Å²) in [4.78, 5) is 15.5. The highest BCUT2D eigenvalue weighted by Crippen LogP contribution is 2.33. The molecule has 0 bridgehead atoms. The van der Waals surface area contributed by atoms with Crippen molar-refractivity contribution in [2.24, 2.45) is 0 Å². The summed E-state index contributed by atoms with van der Waals surface area (Å²) < 4.78 is 19.2. The Morgan fingerprint density at radius 3 is 2.90 bits per heavy atom. The number of nitrogens with zero attached hydrogens (tertiary/aromatic N) is 2. The smallest absolute Gasteiger partial charge is 0.351 e. The molecule has 0 spiro atoms. The molecule has 2 rings (SSSR count). The van der Waals surface area contributed by atoms with Crippen molar-refractivity contribution in [2.45, 2.75) is 18.4 Å². The quantitative estimate of drug-likeness (QED) is 0.731. The Balaban J connectivity index is 2.51. The average molecular weight is 318 g/mol. The molecule has 0 aromatic carbocycles. The molecule has 1 aromatic rings. The molecule has 9 heteroatoms. The number of nitrogens with two attached hydrogens (primary N) is 1. The number of nitrogen functional groups attached to an aromatic ring is 1. The summed E-state index contributed by atoms with van der Waals surface area (Å²) in [5, 5.41) is 18.9. The fourth-order valence-corrected chi connectivity index (χ4v) is 2.16. The van der Waals surface area contributed by atoms with Gasteiger partial charge in [-0.05, 0) is 6.08 Å².